The zero-order chi connectivity index (χ0) is 10.4. The van der Waals surface area contributed by atoms with Crippen LogP contribution in [0.4, 0.5) is 0 Å². The van der Waals surface area contributed by atoms with Crippen molar-refractivity contribution in [3.8, 4) is 0 Å². The molecule has 0 aliphatic heterocycles. The molecule has 0 amide bonds. The first-order chi connectivity index (χ1) is 6.33. The lowest BCUT2D eigenvalue weighted by Crippen LogP contribution is -2.05. The summed E-state index contributed by atoms with van der Waals surface area (Å²) < 4.78 is 8.87. The van der Waals surface area contributed by atoms with Crippen LogP contribution in [0.1, 0.15) is 6.42 Å². The maximum atomic E-state index is 7.98. The summed E-state index contributed by atoms with van der Waals surface area (Å²) in [4.78, 5) is 0. The van der Waals surface area contributed by atoms with Gasteiger partial charge in [0.25, 0.3) is 0 Å². The van der Waals surface area contributed by atoms with Crippen LogP contribution < -0.4 is 0 Å². The smallest absolute Gasteiger partial charge is 0.429 e. The van der Waals surface area contributed by atoms with Crippen molar-refractivity contribution in [2.75, 3.05) is 26.4 Å². The molecular weight excluding hydrogens is 178 g/mol. The third kappa shape index (κ3) is 24.5. The largest absolute Gasteiger partial charge is 0.485 e. The number of aliphatic hydroxyl groups excluding tert-OH is 2. The van der Waals surface area contributed by atoms with Crippen LogP contribution in [0.2, 0.25) is 0 Å². The van der Waals surface area contributed by atoms with Gasteiger partial charge in [0, 0.05) is 13.2 Å². The standard InChI is InChI=1S/C3H8B2O4.C2H6O2/c6-4-8-2-1-3-9-5-7;3-1-2-4/h6-7H,1-3H2;3-4H,1-2H2. The minimum absolute atomic E-state index is 0.125. The fourth-order valence-corrected chi connectivity index (χ4v) is 0.331. The zero-order valence-corrected chi connectivity index (χ0v) is 7.30. The second-order valence-corrected chi connectivity index (χ2v) is 1.75. The number of hydrogen-bond acceptors (Lipinski definition) is 6. The van der Waals surface area contributed by atoms with Crippen LogP contribution in [0, 0.1) is 0 Å². The molecule has 8 heteroatoms. The van der Waals surface area contributed by atoms with Crippen LogP contribution in [0.3, 0.4) is 0 Å². The van der Waals surface area contributed by atoms with Crippen LogP contribution in [0.5, 0.6) is 0 Å². The normalized spacial score (nSPS) is 8.62. The van der Waals surface area contributed by atoms with Gasteiger partial charge in [0.2, 0.25) is 0 Å². The molecule has 0 fully saturated rings. The van der Waals surface area contributed by atoms with Gasteiger partial charge in [-0.25, -0.2) is 0 Å². The Morgan fingerprint density at radius 1 is 0.846 bits per heavy atom. The first-order valence-electron chi connectivity index (χ1n) is 3.70. The van der Waals surface area contributed by atoms with Crippen LogP contribution in [0.25, 0.3) is 0 Å². The molecule has 0 spiro atoms. The lowest BCUT2D eigenvalue weighted by Gasteiger charge is -1.97. The van der Waals surface area contributed by atoms with E-state index in [1.807, 2.05) is 0 Å². The molecule has 0 saturated heterocycles. The molecule has 4 N–H and O–H groups in total. The van der Waals surface area contributed by atoms with Gasteiger partial charge in [-0.1, -0.05) is 0 Å². The van der Waals surface area contributed by atoms with Crippen molar-refractivity contribution < 1.29 is 29.6 Å². The minimum atomic E-state index is -0.125. The highest BCUT2D eigenvalue weighted by Gasteiger charge is 1.89. The SMILES string of the molecule is OCCO.O[B]OCCCO[B]O. The summed E-state index contributed by atoms with van der Waals surface area (Å²) in [6.07, 6.45) is 0.633. The molecule has 0 aliphatic rings. The Labute approximate surface area is 78.7 Å². The summed E-state index contributed by atoms with van der Waals surface area (Å²) in [5.74, 6) is 0. The Kier molecular flexibility index (Phi) is 21.1. The van der Waals surface area contributed by atoms with Crippen LogP contribution in [0.15, 0.2) is 0 Å². The third-order valence-corrected chi connectivity index (χ3v) is 0.773. The highest BCUT2D eigenvalue weighted by Crippen LogP contribution is 1.80. The molecule has 13 heavy (non-hydrogen) atoms. The molecule has 0 bridgehead atoms. The van der Waals surface area contributed by atoms with Gasteiger partial charge in [-0.05, 0) is 6.42 Å². The fraction of sp³-hybridized carbons (Fsp3) is 1.00. The lowest BCUT2D eigenvalue weighted by atomic mass is 10.3. The van der Waals surface area contributed by atoms with Gasteiger partial charge in [0.05, 0.1) is 13.2 Å². The third-order valence-electron chi connectivity index (χ3n) is 0.773. The molecule has 6 nitrogen and oxygen atoms in total. The van der Waals surface area contributed by atoms with Gasteiger partial charge in [0.1, 0.15) is 0 Å². The Hall–Kier alpha value is -0.110. The maximum absolute atomic E-state index is 7.98. The highest BCUT2D eigenvalue weighted by molar-refractivity contribution is 6.16. The van der Waals surface area contributed by atoms with Crippen molar-refractivity contribution in [1.29, 1.82) is 0 Å². The topological polar surface area (TPSA) is 99.4 Å². The van der Waals surface area contributed by atoms with E-state index in [0.717, 1.165) is 0 Å². The van der Waals surface area contributed by atoms with E-state index in [-0.39, 0.29) is 13.2 Å². The first kappa shape index (κ1) is 15.4. The average Bonchev–Trinajstić information content (AvgIpc) is 2.18. The molecule has 0 atom stereocenters. The number of hydrogen-bond donors (Lipinski definition) is 4. The molecule has 2 radical (unpaired) electrons. The van der Waals surface area contributed by atoms with E-state index in [0.29, 0.717) is 35.0 Å². The van der Waals surface area contributed by atoms with Crippen molar-refractivity contribution >= 4 is 15.4 Å². The second kappa shape index (κ2) is 17.8. The van der Waals surface area contributed by atoms with E-state index in [2.05, 4.69) is 9.31 Å². The van der Waals surface area contributed by atoms with Crippen LogP contribution in [-0.4, -0.2) is 62.1 Å². The molecule has 76 valence electrons. The molecule has 0 aromatic rings. The highest BCUT2D eigenvalue weighted by atomic mass is 16.5. The molecule has 0 aromatic carbocycles. The van der Waals surface area contributed by atoms with Gasteiger partial charge >= 0.3 is 15.4 Å². The number of rotatable bonds is 7. The maximum Gasteiger partial charge on any atom is 0.485 e. The van der Waals surface area contributed by atoms with E-state index < -0.39 is 0 Å². The summed E-state index contributed by atoms with van der Waals surface area (Å²) >= 11 is 0. The Morgan fingerprint density at radius 2 is 1.23 bits per heavy atom. The summed E-state index contributed by atoms with van der Waals surface area (Å²) in [5, 5.41) is 31.2. The van der Waals surface area contributed by atoms with E-state index in [1.165, 1.54) is 0 Å². The molecule has 0 saturated carbocycles. The predicted molar refractivity (Wildman–Crippen MR) is 46.6 cm³/mol. The van der Waals surface area contributed by atoms with Gasteiger partial charge in [-0.2, -0.15) is 0 Å². The summed E-state index contributed by atoms with van der Waals surface area (Å²) in [7, 11) is 1.26. The lowest BCUT2D eigenvalue weighted by molar-refractivity contribution is 0.186. The zero-order valence-electron chi connectivity index (χ0n) is 7.30. The molecule has 0 rings (SSSR count). The summed E-state index contributed by atoms with van der Waals surface area (Å²) in [6, 6.07) is 0. The van der Waals surface area contributed by atoms with Gasteiger partial charge in [0.15, 0.2) is 0 Å². The van der Waals surface area contributed by atoms with Crippen LogP contribution in [-0.2, 0) is 9.31 Å². The predicted octanol–water partition coefficient (Wildman–Crippen LogP) is -2.57. The Balaban J connectivity index is 0. The molecule has 0 aromatic heterocycles. The van der Waals surface area contributed by atoms with Gasteiger partial charge < -0.3 is 29.6 Å². The van der Waals surface area contributed by atoms with E-state index in [1.54, 1.807) is 0 Å². The van der Waals surface area contributed by atoms with Crippen molar-refractivity contribution in [3.05, 3.63) is 0 Å². The quantitative estimate of drug-likeness (QED) is 0.261. The van der Waals surface area contributed by atoms with Crippen molar-refractivity contribution in [3.63, 3.8) is 0 Å². The minimum Gasteiger partial charge on any atom is -0.429 e. The Bertz CT molecular complexity index is 68.0. The second-order valence-electron chi connectivity index (χ2n) is 1.75. The summed E-state index contributed by atoms with van der Waals surface area (Å²) in [6.45, 7) is 0.536. The van der Waals surface area contributed by atoms with Gasteiger partial charge in [-0.15, -0.1) is 0 Å². The van der Waals surface area contributed by atoms with Crippen LogP contribution >= 0.6 is 0 Å². The molecule has 0 unspecified atom stereocenters. The Morgan fingerprint density at radius 3 is 1.46 bits per heavy atom. The average molecular weight is 192 g/mol. The molecule has 0 aliphatic carbocycles. The van der Waals surface area contributed by atoms with E-state index in [4.69, 9.17) is 20.3 Å². The monoisotopic (exact) mass is 192 g/mol. The summed E-state index contributed by atoms with van der Waals surface area (Å²) in [5.41, 5.74) is 0. The van der Waals surface area contributed by atoms with Crippen molar-refractivity contribution in [2.45, 2.75) is 6.42 Å². The fourth-order valence-electron chi connectivity index (χ4n) is 0.331. The van der Waals surface area contributed by atoms with Gasteiger partial charge in [-0.3, -0.25) is 0 Å². The first-order valence-corrected chi connectivity index (χ1v) is 3.70. The number of aliphatic hydroxyl groups is 2. The van der Waals surface area contributed by atoms with E-state index in [9.17, 15) is 0 Å². The van der Waals surface area contributed by atoms with Crippen molar-refractivity contribution in [2.24, 2.45) is 0 Å². The van der Waals surface area contributed by atoms with E-state index >= 15 is 0 Å². The molecular formula is C5H14B2O6. The van der Waals surface area contributed by atoms with Crippen molar-refractivity contribution in [1.82, 2.24) is 0 Å². The molecule has 0 heterocycles.